The molecule has 2 rings (SSSR count). The van der Waals surface area contributed by atoms with Crippen molar-refractivity contribution in [3.8, 4) is 0 Å². The van der Waals surface area contributed by atoms with E-state index < -0.39 is 0 Å². The predicted molar refractivity (Wildman–Crippen MR) is 67.0 cm³/mol. The van der Waals surface area contributed by atoms with Crippen LogP contribution in [0.1, 0.15) is 52.4 Å². The number of nitrogens with zero attached hydrogens (tertiary/aromatic N) is 1. The average molecular weight is 224 g/mol. The van der Waals surface area contributed by atoms with Gasteiger partial charge in [-0.15, -0.1) is 0 Å². The van der Waals surface area contributed by atoms with Crippen LogP contribution >= 0.6 is 0 Å². The van der Waals surface area contributed by atoms with E-state index in [9.17, 15) is 0 Å². The Balaban J connectivity index is 2.00. The zero-order chi connectivity index (χ0) is 11.6. The molecule has 1 atom stereocenters. The molecule has 4 N–H and O–H groups in total. The van der Waals surface area contributed by atoms with Crippen molar-refractivity contribution in [1.82, 2.24) is 10.7 Å². The Morgan fingerprint density at radius 1 is 1.25 bits per heavy atom. The van der Waals surface area contributed by atoms with E-state index >= 15 is 0 Å². The van der Waals surface area contributed by atoms with E-state index in [0.29, 0.717) is 17.5 Å². The Kier molecular flexibility index (Phi) is 3.38. The molecule has 0 bridgehead atoms. The lowest BCUT2D eigenvalue weighted by Crippen LogP contribution is -2.45. The lowest BCUT2D eigenvalue weighted by molar-refractivity contribution is 0.203. The zero-order valence-corrected chi connectivity index (χ0v) is 10.4. The second-order valence-electron chi connectivity index (χ2n) is 5.79. The molecular weight excluding hydrogens is 200 g/mol. The van der Waals surface area contributed by atoms with E-state index in [2.05, 4.69) is 24.6 Å². The maximum atomic E-state index is 5.51. The first kappa shape index (κ1) is 11.7. The summed E-state index contributed by atoms with van der Waals surface area (Å²) in [4.78, 5) is 4.76. The van der Waals surface area contributed by atoms with E-state index in [1.54, 1.807) is 0 Å². The monoisotopic (exact) mass is 224 g/mol. The van der Waals surface area contributed by atoms with Gasteiger partial charge in [-0.05, 0) is 31.1 Å². The third kappa shape index (κ3) is 2.88. The second-order valence-corrected chi connectivity index (χ2v) is 5.79. The van der Waals surface area contributed by atoms with Gasteiger partial charge in [-0.25, -0.2) is 10.8 Å². The number of hydrogen-bond acceptors (Lipinski definition) is 2. The minimum Gasteiger partial charge on any atom is -0.353 e. The Hall–Kier alpha value is -0.770. The number of nitrogens with two attached hydrogens (primary N) is 1. The molecule has 2 saturated carbocycles. The minimum atomic E-state index is 0.311. The maximum absolute atomic E-state index is 5.51. The number of aliphatic imine (C=N–C) groups is 1. The SMILES string of the molecule is CC1(C)CCCCC1N=C(NN)NC1CC1. The standard InChI is InChI=1S/C12H24N4/c1-12(2)8-4-3-5-10(12)15-11(16-13)14-9-6-7-9/h9-10H,3-8,13H2,1-2H3,(H2,14,15,16). The van der Waals surface area contributed by atoms with Gasteiger partial charge < -0.3 is 5.32 Å². The van der Waals surface area contributed by atoms with Crippen molar-refractivity contribution in [1.29, 1.82) is 0 Å². The first-order valence-electron chi connectivity index (χ1n) is 6.43. The summed E-state index contributed by atoms with van der Waals surface area (Å²) >= 11 is 0. The highest BCUT2D eigenvalue weighted by Crippen LogP contribution is 2.37. The molecule has 0 saturated heterocycles. The van der Waals surface area contributed by atoms with Gasteiger partial charge in [0.1, 0.15) is 0 Å². The molecule has 0 aliphatic heterocycles. The Morgan fingerprint density at radius 2 is 2.00 bits per heavy atom. The van der Waals surface area contributed by atoms with Crippen LogP contribution in [0.3, 0.4) is 0 Å². The molecule has 0 spiro atoms. The summed E-state index contributed by atoms with van der Waals surface area (Å²) in [5, 5.41) is 3.34. The van der Waals surface area contributed by atoms with E-state index in [1.165, 1.54) is 38.5 Å². The molecule has 2 fully saturated rings. The van der Waals surface area contributed by atoms with Crippen molar-refractivity contribution < 1.29 is 0 Å². The van der Waals surface area contributed by atoms with Gasteiger partial charge in [0.2, 0.25) is 5.96 Å². The molecule has 2 aliphatic rings. The molecule has 1 unspecified atom stereocenters. The van der Waals surface area contributed by atoms with Crippen molar-refractivity contribution in [3.05, 3.63) is 0 Å². The smallest absolute Gasteiger partial charge is 0.206 e. The number of rotatable bonds is 2. The van der Waals surface area contributed by atoms with Crippen LogP contribution in [0, 0.1) is 5.41 Å². The number of hydrogen-bond donors (Lipinski definition) is 3. The quantitative estimate of drug-likeness (QED) is 0.288. The zero-order valence-electron chi connectivity index (χ0n) is 10.4. The molecule has 0 aromatic rings. The van der Waals surface area contributed by atoms with Crippen molar-refractivity contribution in [2.75, 3.05) is 0 Å². The van der Waals surface area contributed by atoms with Crippen LogP contribution in [0.5, 0.6) is 0 Å². The number of guanidine groups is 1. The van der Waals surface area contributed by atoms with Crippen LogP contribution in [0.2, 0.25) is 0 Å². The molecule has 0 aromatic carbocycles. The van der Waals surface area contributed by atoms with Gasteiger partial charge in [0, 0.05) is 6.04 Å². The second kappa shape index (κ2) is 4.62. The molecule has 0 radical (unpaired) electrons. The highest BCUT2D eigenvalue weighted by molar-refractivity contribution is 5.80. The minimum absolute atomic E-state index is 0.311. The maximum Gasteiger partial charge on any atom is 0.206 e. The lowest BCUT2D eigenvalue weighted by Gasteiger charge is -2.36. The first-order chi connectivity index (χ1) is 7.62. The van der Waals surface area contributed by atoms with Gasteiger partial charge in [-0.2, -0.15) is 0 Å². The summed E-state index contributed by atoms with van der Waals surface area (Å²) in [6, 6.07) is 1.00. The Bertz CT molecular complexity index is 268. The van der Waals surface area contributed by atoms with E-state index in [1.807, 2.05) is 0 Å². The van der Waals surface area contributed by atoms with Crippen LogP contribution in [-0.2, 0) is 0 Å². The molecule has 2 aliphatic carbocycles. The van der Waals surface area contributed by atoms with Gasteiger partial charge in [0.05, 0.1) is 6.04 Å². The largest absolute Gasteiger partial charge is 0.353 e. The highest BCUT2D eigenvalue weighted by atomic mass is 15.3. The van der Waals surface area contributed by atoms with Crippen LogP contribution < -0.4 is 16.6 Å². The highest BCUT2D eigenvalue weighted by Gasteiger charge is 2.32. The predicted octanol–water partition coefficient (Wildman–Crippen LogP) is 1.53. The van der Waals surface area contributed by atoms with Crippen molar-refractivity contribution >= 4 is 5.96 Å². The summed E-state index contributed by atoms with van der Waals surface area (Å²) in [5.74, 6) is 6.29. The first-order valence-corrected chi connectivity index (χ1v) is 6.43. The van der Waals surface area contributed by atoms with Crippen molar-refractivity contribution in [3.63, 3.8) is 0 Å². The van der Waals surface area contributed by atoms with E-state index in [0.717, 1.165) is 5.96 Å². The molecule has 0 heterocycles. The third-order valence-electron chi connectivity index (χ3n) is 3.79. The lowest BCUT2D eigenvalue weighted by atomic mass is 9.73. The molecule has 0 amide bonds. The summed E-state index contributed by atoms with van der Waals surface area (Å²) in [6.45, 7) is 4.62. The fraction of sp³-hybridized carbons (Fsp3) is 0.917. The van der Waals surface area contributed by atoms with E-state index in [4.69, 9.17) is 10.8 Å². The summed E-state index contributed by atoms with van der Waals surface area (Å²) in [6.07, 6.45) is 7.57. The summed E-state index contributed by atoms with van der Waals surface area (Å²) in [5.41, 5.74) is 3.01. The molecule has 92 valence electrons. The fourth-order valence-electron chi connectivity index (χ4n) is 2.41. The van der Waals surface area contributed by atoms with Gasteiger partial charge in [0.25, 0.3) is 0 Å². The molecular formula is C12H24N4. The van der Waals surface area contributed by atoms with Crippen molar-refractivity contribution in [2.24, 2.45) is 16.3 Å². The third-order valence-corrected chi connectivity index (χ3v) is 3.79. The molecule has 0 aromatic heterocycles. The molecule has 16 heavy (non-hydrogen) atoms. The van der Waals surface area contributed by atoms with Gasteiger partial charge in [0.15, 0.2) is 0 Å². The van der Waals surface area contributed by atoms with Gasteiger partial charge >= 0.3 is 0 Å². The van der Waals surface area contributed by atoms with E-state index in [-0.39, 0.29) is 0 Å². The fourth-order valence-corrected chi connectivity index (χ4v) is 2.41. The van der Waals surface area contributed by atoms with Gasteiger partial charge in [-0.1, -0.05) is 26.7 Å². The Morgan fingerprint density at radius 3 is 2.56 bits per heavy atom. The van der Waals surface area contributed by atoms with Crippen molar-refractivity contribution in [2.45, 2.75) is 64.5 Å². The van der Waals surface area contributed by atoms with Gasteiger partial charge in [-0.3, -0.25) is 5.43 Å². The van der Waals surface area contributed by atoms with Crippen LogP contribution in [0.4, 0.5) is 0 Å². The topological polar surface area (TPSA) is 62.4 Å². The van der Waals surface area contributed by atoms with Crippen LogP contribution in [-0.4, -0.2) is 18.0 Å². The number of nitrogens with one attached hydrogen (secondary N) is 2. The summed E-state index contributed by atoms with van der Waals surface area (Å²) in [7, 11) is 0. The molecule has 4 nitrogen and oxygen atoms in total. The average Bonchev–Trinajstić information content (AvgIpc) is 3.03. The Labute approximate surface area is 98.0 Å². The normalized spacial score (nSPS) is 29.9. The molecule has 4 heteroatoms. The summed E-state index contributed by atoms with van der Waals surface area (Å²) < 4.78 is 0. The van der Waals surface area contributed by atoms with Crippen LogP contribution in [0.15, 0.2) is 4.99 Å². The number of hydrazine groups is 1. The van der Waals surface area contributed by atoms with Crippen LogP contribution in [0.25, 0.3) is 0 Å².